The van der Waals surface area contributed by atoms with Crippen molar-refractivity contribution in [2.24, 2.45) is 0 Å². The van der Waals surface area contributed by atoms with Gasteiger partial charge in [-0.25, -0.2) is 0 Å². The molecule has 2 aromatic carbocycles. The highest BCUT2D eigenvalue weighted by Gasteiger charge is 2.10. The van der Waals surface area contributed by atoms with Crippen LogP contribution in [0.25, 0.3) is 0 Å². The lowest BCUT2D eigenvalue weighted by Crippen LogP contribution is -2.07. The van der Waals surface area contributed by atoms with Gasteiger partial charge in [0.15, 0.2) is 17.3 Å². The first-order valence-electron chi connectivity index (χ1n) is 7.16. The van der Waals surface area contributed by atoms with Gasteiger partial charge < -0.3 is 9.47 Å². The number of carbonyl (C=O) groups is 1. The van der Waals surface area contributed by atoms with E-state index < -0.39 is 0 Å². The van der Waals surface area contributed by atoms with Gasteiger partial charge in [-0.3, -0.25) is 4.79 Å². The molecular formula is C18H20O3S. The Morgan fingerprint density at radius 1 is 1.09 bits per heavy atom. The third-order valence-corrected chi connectivity index (χ3v) is 3.96. The average molecular weight is 316 g/mol. The molecule has 0 aliphatic heterocycles. The van der Waals surface area contributed by atoms with Crippen LogP contribution in [0.15, 0.2) is 53.4 Å². The number of carbonyl (C=O) groups excluding carboxylic acids is 1. The predicted molar refractivity (Wildman–Crippen MR) is 90.3 cm³/mol. The first-order chi connectivity index (χ1) is 10.6. The summed E-state index contributed by atoms with van der Waals surface area (Å²) in [6.45, 7) is 3.94. The zero-order chi connectivity index (χ0) is 15.9. The fourth-order valence-corrected chi connectivity index (χ4v) is 2.77. The van der Waals surface area contributed by atoms with Gasteiger partial charge in [-0.1, -0.05) is 30.3 Å². The lowest BCUT2D eigenvalue weighted by molar-refractivity contribution is 0.102. The first kappa shape index (κ1) is 16.4. The van der Waals surface area contributed by atoms with Gasteiger partial charge in [-0.15, -0.1) is 11.8 Å². The Morgan fingerprint density at radius 2 is 1.82 bits per heavy atom. The van der Waals surface area contributed by atoms with E-state index >= 15 is 0 Å². The van der Waals surface area contributed by atoms with Crippen LogP contribution >= 0.6 is 11.8 Å². The first-order valence-corrected chi connectivity index (χ1v) is 8.14. The van der Waals surface area contributed by atoms with Gasteiger partial charge in [0.05, 0.1) is 19.0 Å². The molecule has 0 fully saturated rings. The maximum atomic E-state index is 12.1. The molecule has 3 nitrogen and oxygen atoms in total. The second kappa shape index (κ2) is 7.90. The van der Waals surface area contributed by atoms with E-state index in [1.165, 1.54) is 11.8 Å². The van der Waals surface area contributed by atoms with Crippen LogP contribution in [0.1, 0.15) is 24.2 Å². The summed E-state index contributed by atoms with van der Waals surface area (Å²) in [5, 5.41) is 0. The van der Waals surface area contributed by atoms with Crippen molar-refractivity contribution in [3.63, 3.8) is 0 Å². The minimum Gasteiger partial charge on any atom is -0.493 e. The number of thioether (sulfide) groups is 1. The summed E-state index contributed by atoms with van der Waals surface area (Å²) in [6.07, 6.45) is 0.0695. The number of ketones is 1. The molecule has 0 spiro atoms. The summed E-state index contributed by atoms with van der Waals surface area (Å²) < 4.78 is 11.0. The third-order valence-electron chi connectivity index (χ3n) is 2.96. The number of methoxy groups -OCH3 is 1. The standard InChI is InChI=1S/C18H20O3S/c1-13(2)21-18-11-15(9-10-17(18)20-3)22-12-16(19)14-7-5-4-6-8-14/h4-11,13H,12H2,1-3H3. The highest BCUT2D eigenvalue weighted by Crippen LogP contribution is 2.33. The molecule has 0 radical (unpaired) electrons. The summed E-state index contributed by atoms with van der Waals surface area (Å²) in [4.78, 5) is 13.1. The Balaban J connectivity index is 2.05. The highest BCUT2D eigenvalue weighted by molar-refractivity contribution is 8.00. The number of hydrogen-bond acceptors (Lipinski definition) is 4. The second-order valence-corrected chi connectivity index (χ2v) is 6.11. The minimum atomic E-state index is 0.0695. The van der Waals surface area contributed by atoms with E-state index in [0.717, 1.165) is 10.5 Å². The van der Waals surface area contributed by atoms with E-state index in [4.69, 9.17) is 9.47 Å². The van der Waals surface area contributed by atoms with Gasteiger partial charge in [-0.05, 0) is 32.0 Å². The maximum Gasteiger partial charge on any atom is 0.173 e. The number of rotatable bonds is 7. The zero-order valence-electron chi connectivity index (χ0n) is 13.0. The fourth-order valence-electron chi connectivity index (χ4n) is 1.95. The lowest BCUT2D eigenvalue weighted by Gasteiger charge is -2.14. The van der Waals surface area contributed by atoms with Crippen molar-refractivity contribution in [1.82, 2.24) is 0 Å². The molecule has 0 atom stereocenters. The third kappa shape index (κ3) is 4.53. The molecule has 0 saturated carbocycles. The van der Waals surface area contributed by atoms with Crippen molar-refractivity contribution in [2.75, 3.05) is 12.9 Å². The van der Waals surface area contributed by atoms with Crippen LogP contribution in [0.2, 0.25) is 0 Å². The Morgan fingerprint density at radius 3 is 2.45 bits per heavy atom. The number of ether oxygens (including phenoxy) is 2. The molecule has 0 N–H and O–H groups in total. The van der Waals surface area contributed by atoms with Crippen LogP contribution < -0.4 is 9.47 Å². The number of Topliss-reactive ketones (excluding diaryl/α,β-unsaturated/α-hetero) is 1. The molecule has 0 bridgehead atoms. The summed E-state index contributed by atoms with van der Waals surface area (Å²) in [5.41, 5.74) is 0.738. The van der Waals surface area contributed by atoms with E-state index in [-0.39, 0.29) is 11.9 Å². The van der Waals surface area contributed by atoms with Gasteiger partial charge in [0.25, 0.3) is 0 Å². The van der Waals surface area contributed by atoms with E-state index in [1.807, 2.05) is 62.4 Å². The Bertz CT molecular complexity index is 623. The molecule has 116 valence electrons. The quantitative estimate of drug-likeness (QED) is 0.558. The molecule has 4 heteroatoms. The van der Waals surface area contributed by atoms with Crippen molar-refractivity contribution >= 4 is 17.5 Å². The summed E-state index contributed by atoms with van der Waals surface area (Å²) in [6, 6.07) is 15.1. The molecule has 0 amide bonds. The summed E-state index contributed by atoms with van der Waals surface area (Å²) in [7, 11) is 1.62. The van der Waals surface area contributed by atoms with Crippen molar-refractivity contribution in [3.05, 3.63) is 54.1 Å². The van der Waals surface area contributed by atoms with E-state index in [0.29, 0.717) is 17.3 Å². The lowest BCUT2D eigenvalue weighted by atomic mass is 10.2. The molecule has 0 unspecified atom stereocenters. The van der Waals surface area contributed by atoms with Crippen molar-refractivity contribution in [1.29, 1.82) is 0 Å². The molecular weight excluding hydrogens is 296 g/mol. The largest absolute Gasteiger partial charge is 0.493 e. The maximum absolute atomic E-state index is 12.1. The molecule has 2 rings (SSSR count). The summed E-state index contributed by atoms with van der Waals surface area (Å²) in [5.74, 6) is 1.92. The van der Waals surface area contributed by atoms with Gasteiger partial charge >= 0.3 is 0 Å². The van der Waals surface area contributed by atoms with E-state index in [9.17, 15) is 4.79 Å². The van der Waals surface area contributed by atoms with Crippen LogP contribution in [-0.4, -0.2) is 24.7 Å². The Labute approximate surface area is 135 Å². The Kier molecular flexibility index (Phi) is 5.90. The van der Waals surface area contributed by atoms with E-state index in [2.05, 4.69) is 0 Å². The van der Waals surface area contributed by atoms with Crippen LogP contribution in [0, 0.1) is 0 Å². The minimum absolute atomic E-state index is 0.0695. The highest BCUT2D eigenvalue weighted by atomic mass is 32.2. The van der Waals surface area contributed by atoms with Crippen LogP contribution in [0.3, 0.4) is 0 Å². The van der Waals surface area contributed by atoms with Crippen LogP contribution in [-0.2, 0) is 0 Å². The van der Waals surface area contributed by atoms with Gasteiger partial charge in [-0.2, -0.15) is 0 Å². The number of hydrogen-bond donors (Lipinski definition) is 0. The summed E-state index contributed by atoms with van der Waals surface area (Å²) >= 11 is 1.50. The zero-order valence-corrected chi connectivity index (χ0v) is 13.9. The van der Waals surface area contributed by atoms with Gasteiger partial charge in [0.1, 0.15) is 0 Å². The predicted octanol–water partition coefficient (Wildman–Crippen LogP) is 4.46. The number of benzene rings is 2. The van der Waals surface area contributed by atoms with E-state index in [1.54, 1.807) is 7.11 Å². The molecule has 0 aliphatic carbocycles. The van der Waals surface area contributed by atoms with Gasteiger partial charge in [0, 0.05) is 10.5 Å². The molecule has 0 heterocycles. The molecule has 0 aromatic heterocycles. The monoisotopic (exact) mass is 316 g/mol. The molecule has 0 aliphatic rings. The normalized spacial score (nSPS) is 10.5. The Hall–Kier alpha value is -1.94. The van der Waals surface area contributed by atoms with Crippen LogP contribution in [0.4, 0.5) is 0 Å². The molecule has 0 saturated heterocycles. The van der Waals surface area contributed by atoms with Crippen LogP contribution in [0.5, 0.6) is 11.5 Å². The molecule has 22 heavy (non-hydrogen) atoms. The SMILES string of the molecule is COc1ccc(SCC(=O)c2ccccc2)cc1OC(C)C. The smallest absolute Gasteiger partial charge is 0.173 e. The fraction of sp³-hybridized carbons (Fsp3) is 0.278. The molecule has 2 aromatic rings. The van der Waals surface area contributed by atoms with Crippen molar-refractivity contribution < 1.29 is 14.3 Å². The van der Waals surface area contributed by atoms with Gasteiger partial charge in [0.2, 0.25) is 0 Å². The average Bonchev–Trinajstić information content (AvgIpc) is 2.53. The van der Waals surface area contributed by atoms with Crippen molar-refractivity contribution in [2.45, 2.75) is 24.8 Å². The van der Waals surface area contributed by atoms with Crippen molar-refractivity contribution in [3.8, 4) is 11.5 Å². The second-order valence-electron chi connectivity index (χ2n) is 5.06. The topological polar surface area (TPSA) is 35.5 Å².